The zero-order valence-electron chi connectivity index (χ0n) is 8.11. The van der Waals surface area contributed by atoms with Crippen molar-refractivity contribution in [3.63, 3.8) is 0 Å². The van der Waals surface area contributed by atoms with Crippen LogP contribution in [0.2, 0.25) is 0 Å². The Morgan fingerprint density at radius 2 is 2.50 bits per heavy atom. The number of nitrogens with zero attached hydrogens (tertiary/aromatic N) is 1. The van der Waals surface area contributed by atoms with Gasteiger partial charge in [0.1, 0.15) is 5.69 Å². The fourth-order valence-electron chi connectivity index (χ4n) is 1.07. The first-order valence-electron chi connectivity index (χ1n) is 4.45. The number of thiophene rings is 1. The zero-order chi connectivity index (χ0) is 11.4. The van der Waals surface area contributed by atoms with E-state index >= 15 is 0 Å². The van der Waals surface area contributed by atoms with Gasteiger partial charge in [-0.1, -0.05) is 0 Å². The Kier molecular flexibility index (Phi) is 3.53. The van der Waals surface area contributed by atoms with Crippen molar-refractivity contribution in [2.24, 2.45) is 5.10 Å². The van der Waals surface area contributed by atoms with Gasteiger partial charge in [0.25, 0.3) is 5.91 Å². The summed E-state index contributed by atoms with van der Waals surface area (Å²) in [5.74, 6) is -0.267. The largest absolute Gasteiger partial charge is 0.356 e. The third kappa shape index (κ3) is 2.80. The van der Waals surface area contributed by atoms with Crippen LogP contribution in [-0.2, 0) is 0 Å². The maximum atomic E-state index is 11.5. The van der Waals surface area contributed by atoms with Gasteiger partial charge in [0.2, 0.25) is 0 Å². The highest BCUT2D eigenvalue weighted by atomic mass is 79.9. The fraction of sp³-hybridized carbons (Fsp3) is 0. The van der Waals surface area contributed by atoms with E-state index in [9.17, 15) is 4.79 Å². The summed E-state index contributed by atoms with van der Waals surface area (Å²) in [4.78, 5) is 14.3. The van der Waals surface area contributed by atoms with Gasteiger partial charge in [-0.3, -0.25) is 4.79 Å². The number of rotatable bonds is 3. The number of carbonyl (C=O) groups is 1. The van der Waals surface area contributed by atoms with Crippen LogP contribution in [-0.4, -0.2) is 17.1 Å². The summed E-state index contributed by atoms with van der Waals surface area (Å²) in [6.45, 7) is 0. The lowest BCUT2D eigenvalue weighted by molar-refractivity contribution is 0.0951. The molecule has 16 heavy (non-hydrogen) atoms. The van der Waals surface area contributed by atoms with Crippen molar-refractivity contribution in [1.29, 1.82) is 0 Å². The quantitative estimate of drug-likeness (QED) is 0.664. The number of hydrogen-bond acceptors (Lipinski definition) is 3. The normalized spacial score (nSPS) is 10.8. The number of nitrogens with one attached hydrogen (secondary N) is 2. The lowest BCUT2D eigenvalue weighted by atomic mass is 10.4. The molecule has 0 fully saturated rings. The van der Waals surface area contributed by atoms with Gasteiger partial charge in [-0.05, 0) is 38.8 Å². The maximum absolute atomic E-state index is 11.5. The predicted octanol–water partition coefficient (Wildman–Crippen LogP) is 2.60. The maximum Gasteiger partial charge on any atom is 0.287 e. The Labute approximate surface area is 105 Å². The minimum absolute atomic E-state index is 0.267. The number of H-pyrrole nitrogens is 1. The summed E-state index contributed by atoms with van der Waals surface area (Å²) < 4.78 is 0.833. The van der Waals surface area contributed by atoms with Crippen LogP contribution in [0.25, 0.3) is 0 Å². The molecule has 0 aliphatic heterocycles. The number of hydrazone groups is 1. The van der Waals surface area contributed by atoms with Gasteiger partial charge < -0.3 is 4.98 Å². The first kappa shape index (κ1) is 11.1. The average Bonchev–Trinajstić information content (AvgIpc) is 2.89. The lowest BCUT2D eigenvalue weighted by Gasteiger charge is -1.94. The van der Waals surface area contributed by atoms with Crippen molar-refractivity contribution in [2.75, 3.05) is 0 Å². The Bertz CT molecular complexity index is 504. The molecule has 0 radical (unpaired) electrons. The average molecular weight is 298 g/mol. The topological polar surface area (TPSA) is 57.2 Å². The molecule has 0 saturated heterocycles. The summed E-state index contributed by atoms with van der Waals surface area (Å²) in [6, 6.07) is 3.61. The van der Waals surface area contributed by atoms with E-state index in [-0.39, 0.29) is 5.91 Å². The van der Waals surface area contributed by atoms with Crippen LogP contribution in [0.4, 0.5) is 0 Å². The molecule has 0 saturated carbocycles. The van der Waals surface area contributed by atoms with Crippen molar-refractivity contribution in [2.45, 2.75) is 0 Å². The van der Waals surface area contributed by atoms with E-state index in [1.807, 2.05) is 16.8 Å². The molecule has 0 unspecified atom stereocenters. The molecule has 4 nitrogen and oxygen atoms in total. The molecule has 2 rings (SSSR count). The fourth-order valence-corrected chi connectivity index (χ4v) is 2.03. The SMILES string of the molecule is O=C(N/N=C\c1ccsc1)c1cc(Br)c[nH]1. The van der Waals surface area contributed by atoms with Gasteiger partial charge in [0.05, 0.1) is 6.21 Å². The van der Waals surface area contributed by atoms with Crippen molar-refractivity contribution in [1.82, 2.24) is 10.4 Å². The molecule has 0 bridgehead atoms. The second-order valence-corrected chi connectivity index (χ2v) is 4.68. The Morgan fingerprint density at radius 1 is 1.62 bits per heavy atom. The summed E-state index contributed by atoms with van der Waals surface area (Å²) in [6.07, 6.45) is 3.30. The van der Waals surface area contributed by atoms with Crippen molar-refractivity contribution in [3.8, 4) is 0 Å². The number of halogens is 1. The summed E-state index contributed by atoms with van der Waals surface area (Å²) in [7, 11) is 0. The molecule has 0 atom stereocenters. The first-order valence-corrected chi connectivity index (χ1v) is 6.19. The van der Waals surface area contributed by atoms with Gasteiger partial charge in [-0.25, -0.2) is 5.43 Å². The molecule has 0 aromatic carbocycles. The summed E-state index contributed by atoms with van der Waals surface area (Å²) in [5.41, 5.74) is 3.87. The highest BCUT2D eigenvalue weighted by molar-refractivity contribution is 9.10. The van der Waals surface area contributed by atoms with E-state index in [4.69, 9.17) is 0 Å². The van der Waals surface area contributed by atoms with E-state index in [1.54, 1.807) is 29.8 Å². The van der Waals surface area contributed by atoms with Crippen molar-refractivity contribution in [3.05, 3.63) is 44.8 Å². The molecule has 2 aromatic rings. The molecule has 0 spiro atoms. The third-order valence-electron chi connectivity index (χ3n) is 1.82. The molecular formula is C10H8BrN3OS. The minimum atomic E-state index is -0.267. The van der Waals surface area contributed by atoms with Crippen LogP contribution >= 0.6 is 27.3 Å². The van der Waals surface area contributed by atoms with E-state index in [2.05, 4.69) is 31.4 Å². The second kappa shape index (κ2) is 5.09. The van der Waals surface area contributed by atoms with Crippen molar-refractivity contribution < 1.29 is 4.79 Å². The van der Waals surface area contributed by atoms with Crippen molar-refractivity contribution >= 4 is 39.4 Å². The standard InChI is InChI=1S/C10H8BrN3OS/c11-8-3-9(12-5-8)10(15)14-13-4-7-1-2-16-6-7/h1-6,12H,(H,14,15)/b13-4-. The lowest BCUT2D eigenvalue weighted by Crippen LogP contribution is -2.17. The number of amides is 1. The van der Waals surface area contributed by atoms with Gasteiger partial charge in [0, 0.05) is 16.2 Å². The summed E-state index contributed by atoms with van der Waals surface area (Å²) in [5, 5.41) is 7.74. The van der Waals surface area contributed by atoms with Crippen LogP contribution in [0.1, 0.15) is 16.1 Å². The molecule has 6 heteroatoms. The minimum Gasteiger partial charge on any atom is -0.356 e. The number of aromatic amines is 1. The van der Waals surface area contributed by atoms with E-state index in [1.165, 1.54) is 0 Å². The van der Waals surface area contributed by atoms with Gasteiger partial charge in [-0.15, -0.1) is 0 Å². The first-order chi connectivity index (χ1) is 7.75. The van der Waals surface area contributed by atoms with Gasteiger partial charge in [-0.2, -0.15) is 16.4 Å². The molecule has 0 aliphatic carbocycles. The summed E-state index contributed by atoms with van der Waals surface area (Å²) >= 11 is 4.83. The Morgan fingerprint density at radius 3 is 3.12 bits per heavy atom. The van der Waals surface area contributed by atoms with Crippen LogP contribution in [0.3, 0.4) is 0 Å². The van der Waals surface area contributed by atoms with Gasteiger partial charge >= 0.3 is 0 Å². The highest BCUT2D eigenvalue weighted by Gasteiger charge is 2.05. The van der Waals surface area contributed by atoms with Crippen LogP contribution in [0.5, 0.6) is 0 Å². The smallest absolute Gasteiger partial charge is 0.287 e. The third-order valence-corrected chi connectivity index (χ3v) is 2.97. The molecule has 2 heterocycles. The van der Waals surface area contributed by atoms with E-state index in [0.717, 1.165) is 10.0 Å². The second-order valence-electron chi connectivity index (χ2n) is 2.99. The molecule has 1 amide bonds. The molecule has 2 aromatic heterocycles. The molecular weight excluding hydrogens is 290 g/mol. The Balaban J connectivity index is 1.94. The monoisotopic (exact) mass is 297 g/mol. The van der Waals surface area contributed by atoms with Crippen LogP contribution < -0.4 is 5.43 Å². The number of aromatic nitrogens is 1. The molecule has 2 N–H and O–H groups in total. The van der Waals surface area contributed by atoms with E-state index in [0.29, 0.717) is 5.69 Å². The number of carbonyl (C=O) groups excluding carboxylic acids is 1. The Hall–Kier alpha value is -1.40. The van der Waals surface area contributed by atoms with Crippen LogP contribution in [0, 0.1) is 0 Å². The highest BCUT2D eigenvalue weighted by Crippen LogP contribution is 2.10. The molecule has 82 valence electrons. The molecule has 0 aliphatic rings. The zero-order valence-corrected chi connectivity index (χ0v) is 10.5. The van der Waals surface area contributed by atoms with Gasteiger partial charge in [0.15, 0.2) is 0 Å². The predicted molar refractivity (Wildman–Crippen MR) is 67.9 cm³/mol. The number of hydrogen-bond donors (Lipinski definition) is 2. The van der Waals surface area contributed by atoms with E-state index < -0.39 is 0 Å². The van der Waals surface area contributed by atoms with Crippen LogP contribution in [0.15, 0.2) is 38.7 Å².